The molecule has 0 spiro atoms. The molecular weight excluding hydrogens is 172 g/mol. The molecule has 2 rings (SSSR count). The van der Waals surface area contributed by atoms with Crippen LogP contribution >= 0.6 is 0 Å². The van der Waals surface area contributed by atoms with Gasteiger partial charge in [-0.3, -0.25) is 0 Å². The number of aliphatic hydroxyl groups excluding tert-OH is 1. The summed E-state index contributed by atoms with van der Waals surface area (Å²) in [6.45, 7) is 0. The number of aliphatic hydroxyl groups is 1. The van der Waals surface area contributed by atoms with E-state index in [2.05, 4.69) is 0 Å². The van der Waals surface area contributed by atoms with Crippen molar-refractivity contribution < 1.29 is 5.11 Å². The van der Waals surface area contributed by atoms with Crippen molar-refractivity contribution in [2.24, 2.45) is 11.8 Å². The van der Waals surface area contributed by atoms with E-state index in [4.69, 9.17) is 0 Å². The molecule has 1 heteroatoms. The predicted molar refractivity (Wildman–Crippen MR) is 58.3 cm³/mol. The molecule has 14 heavy (non-hydrogen) atoms. The Morgan fingerprint density at radius 1 is 0.643 bits per heavy atom. The third kappa shape index (κ3) is 2.50. The van der Waals surface area contributed by atoms with Crippen LogP contribution in [0.25, 0.3) is 0 Å². The van der Waals surface area contributed by atoms with Crippen LogP contribution in [0.3, 0.4) is 0 Å². The predicted octanol–water partition coefficient (Wildman–Crippen LogP) is 4.05. The van der Waals surface area contributed by atoms with Crippen LogP contribution < -0.4 is 0 Å². The van der Waals surface area contributed by atoms with Crippen LogP contribution in [0.1, 0.15) is 64.2 Å². The first-order valence-electron chi connectivity index (χ1n) is 6.43. The lowest BCUT2D eigenvalue weighted by atomic mass is 9.75. The highest BCUT2D eigenvalue weighted by atomic mass is 16.3. The molecule has 0 aromatic heterocycles. The summed E-state index contributed by atoms with van der Waals surface area (Å²) in [5.74, 6) is 1.12. The third-order valence-electron chi connectivity index (χ3n) is 4.05. The average Bonchev–Trinajstić information content (AvgIpc) is 2.30. The summed E-state index contributed by atoms with van der Waals surface area (Å²) in [7, 11) is 0. The first-order valence-corrected chi connectivity index (χ1v) is 6.43. The van der Waals surface area contributed by atoms with E-state index in [0.717, 1.165) is 6.10 Å². The second kappa shape index (κ2) is 5.16. The normalized spacial score (nSPS) is 27.0. The van der Waals surface area contributed by atoms with Gasteiger partial charge in [-0.25, -0.2) is 0 Å². The van der Waals surface area contributed by atoms with Crippen LogP contribution in [-0.4, -0.2) is 5.11 Å². The highest BCUT2D eigenvalue weighted by Gasteiger charge is 2.19. The van der Waals surface area contributed by atoms with Gasteiger partial charge in [0.2, 0.25) is 0 Å². The molecule has 2 fully saturated rings. The van der Waals surface area contributed by atoms with E-state index in [9.17, 15) is 5.11 Å². The molecule has 0 aliphatic heterocycles. The van der Waals surface area contributed by atoms with Gasteiger partial charge in [-0.05, 0) is 0 Å². The largest absolute Gasteiger partial charge is 0.562 e. The van der Waals surface area contributed by atoms with E-state index < -0.39 is 0 Å². The standard InChI is InChI=1S/C13H23O/c14-13(11-7-3-1-4-8-11)12-9-5-2-6-10-12/h11-12,14H,1-10H2/q-1. The van der Waals surface area contributed by atoms with Crippen molar-refractivity contribution >= 4 is 0 Å². The van der Waals surface area contributed by atoms with Gasteiger partial charge in [0.15, 0.2) is 0 Å². The van der Waals surface area contributed by atoms with Crippen molar-refractivity contribution in [3.63, 3.8) is 0 Å². The highest BCUT2D eigenvalue weighted by Crippen LogP contribution is 2.39. The number of hydrogen-bond acceptors (Lipinski definition) is 1. The second-order valence-corrected chi connectivity index (χ2v) is 5.09. The summed E-state index contributed by atoms with van der Waals surface area (Å²) in [6.07, 6.45) is 14.0. The third-order valence-corrected chi connectivity index (χ3v) is 4.05. The maximum absolute atomic E-state index is 10.2. The molecule has 82 valence electrons. The van der Waals surface area contributed by atoms with Gasteiger partial charge < -0.3 is 5.11 Å². The fraction of sp³-hybridized carbons (Fsp3) is 0.923. The van der Waals surface area contributed by atoms with E-state index in [1.165, 1.54) is 64.2 Å². The van der Waals surface area contributed by atoms with Gasteiger partial charge in [0.1, 0.15) is 0 Å². The van der Waals surface area contributed by atoms with E-state index in [1.807, 2.05) is 0 Å². The van der Waals surface area contributed by atoms with E-state index in [0.29, 0.717) is 11.8 Å². The Bertz CT molecular complexity index is 137. The molecule has 2 aliphatic carbocycles. The molecule has 0 aromatic rings. The Balaban J connectivity index is 1.82. The number of rotatable bonds is 2. The second-order valence-electron chi connectivity index (χ2n) is 5.09. The van der Waals surface area contributed by atoms with Gasteiger partial charge in [0, 0.05) is 0 Å². The Hall–Kier alpha value is -0.0400. The van der Waals surface area contributed by atoms with E-state index >= 15 is 0 Å². The Morgan fingerprint density at radius 2 is 1.00 bits per heavy atom. The minimum atomic E-state index is 0.562. The molecule has 0 unspecified atom stereocenters. The van der Waals surface area contributed by atoms with E-state index in [1.54, 1.807) is 0 Å². The van der Waals surface area contributed by atoms with Crippen molar-refractivity contribution in [3.05, 3.63) is 6.10 Å². The van der Waals surface area contributed by atoms with Gasteiger partial charge in [0.05, 0.1) is 0 Å². The van der Waals surface area contributed by atoms with Gasteiger partial charge in [-0.2, -0.15) is 6.10 Å². The quantitative estimate of drug-likeness (QED) is 0.659. The van der Waals surface area contributed by atoms with Crippen LogP contribution in [0.15, 0.2) is 0 Å². The van der Waals surface area contributed by atoms with Crippen LogP contribution in [0.5, 0.6) is 0 Å². The van der Waals surface area contributed by atoms with Crippen molar-refractivity contribution in [1.29, 1.82) is 0 Å². The fourth-order valence-corrected chi connectivity index (χ4v) is 3.13. The fourth-order valence-electron chi connectivity index (χ4n) is 3.13. The molecule has 2 aliphatic rings. The van der Waals surface area contributed by atoms with Gasteiger partial charge in [-0.1, -0.05) is 64.2 Å². The van der Waals surface area contributed by atoms with Crippen molar-refractivity contribution in [2.45, 2.75) is 64.2 Å². The monoisotopic (exact) mass is 195 g/mol. The van der Waals surface area contributed by atoms with Gasteiger partial charge in [0.25, 0.3) is 0 Å². The minimum absolute atomic E-state index is 0.562. The van der Waals surface area contributed by atoms with Crippen LogP contribution in [-0.2, 0) is 0 Å². The summed E-state index contributed by atoms with van der Waals surface area (Å²) in [5.41, 5.74) is 0. The molecule has 1 nitrogen and oxygen atoms in total. The first kappa shape index (κ1) is 10.5. The molecule has 0 aromatic carbocycles. The van der Waals surface area contributed by atoms with Crippen LogP contribution in [0, 0.1) is 17.9 Å². The summed E-state index contributed by atoms with van der Waals surface area (Å²) in [5, 5.41) is 10.2. The topological polar surface area (TPSA) is 20.2 Å². The van der Waals surface area contributed by atoms with Crippen molar-refractivity contribution in [2.75, 3.05) is 0 Å². The van der Waals surface area contributed by atoms with Gasteiger partial charge >= 0.3 is 0 Å². The zero-order chi connectivity index (χ0) is 9.80. The highest BCUT2D eigenvalue weighted by molar-refractivity contribution is 4.94. The molecule has 0 bridgehead atoms. The lowest BCUT2D eigenvalue weighted by Gasteiger charge is -2.45. The summed E-state index contributed by atoms with van der Waals surface area (Å²) < 4.78 is 0. The van der Waals surface area contributed by atoms with E-state index in [-0.39, 0.29) is 0 Å². The molecule has 0 amide bonds. The van der Waals surface area contributed by atoms with Crippen molar-refractivity contribution in [3.8, 4) is 0 Å². The molecule has 0 radical (unpaired) electrons. The average molecular weight is 195 g/mol. The summed E-state index contributed by atoms with van der Waals surface area (Å²) >= 11 is 0. The lowest BCUT2D eigenvalue weighted by molar-refractivity contribution is 0.118. The zero-order valence-electron chi connectivity index (χ0n) is 9.17. The Morgan fingerprint density at radius 3 is 1.36 bits per heavy atom. The molecular formula is C13H23O-. The van der Waals surface area contributed by atoms with Crippen LogP contribution in [0.2, 0.25) is 0 Å². The molecule has 0 atom stereocenters. The smallest absolute Gasteiger partial charge is 0.0535 e. The van der Waals surface area contributed by atoms with Crippen molar-refractivity contribution in [1.82, 2.24) is 0 Å². The summed E-state index contributed by atoms with van der Waals surface area (Å²) in [4.78, 5) is 0. The molecule has 2 saturated carbocycles. The van der Waals surface area contributed by atoms with Crippen LogP contribution in [0.4, 0.5) is 0 Å². The molecule has 1 N–H and O–H groups in total. The zero-order valence-corrected chi connectivity index (χ0v) is 9.17. The maximum Gasteiger partial charge on any atom is -0.0535 e. The number of hydrogen-bond donors (Lipinski definition) is 1. The first-order chi connectivity index (χ1) is 6.88. The summed E-state index contributed by atoms with van der Waals surface area (Å²) in [6, 6.07) is 0. The minimum Gasteiger partial charge on any atom is -0.562 e. The molecule has 0 saturated heterocycles. The van der Waals surface area contributed by atoms with Gasteiger partial charge in [-0.15, -0.1) is 11.8 Å². The Labute approximate surface area is 87.9 Å². The Kier molecular flexibility index (Phi) is 3.86. The lowest BCUT2D eigenvalue weighted by Crippen LogP contribution is -2.24. The SMILES string of the molecule is O[C-](C1CCCCC1)C1CCCCC1. The maximum atomic E-state index is 10.2. The molecule has 0 heterocycles.